The Morgan fingerprint density at radius 3 is 2.44 bits per heavy atom. The average molecular weight is 251 g/mol. The van der Waals surface area contributed by atoms with Gasteiger partial charge in [-0.25, -0.2) is 0 Å². The Morgan fingerprint density at radius 1 is 1.38 bits per heavy atom. The fourth-order valence-corrected chi connectivity index (χ4v) is 1.43. The number of rotatable bonds is 1. The van der Waals surface area contributed by atoms with Crippen LogP contribution in [-0.4, -0.2) is 6.18 Å². The van der Waals surface area contributed by atoms with Crippen LogP contribution in [0.4, 0.5) is 18.9 Å². The fraction of sp³-hybridized carbons (Fsp3) is 0.200. The van der Waals surface area contributed by atoms with Gasteiger partial charge >= 0.3 is 6.18 Å². The second kappa shape index (κ2) is 4.25. The third-order valence-electron chi connectivity index (χ3n) is 1.94. The van der Waals surface area contributed by atoms with Crippen molar-refractivity contribution < 1.29 is 13.2 Å². The van der Waals surface area contributed by atoms with Gasteiger partial charge in [-0.2, -0.15) is 13.2 Å². The summed E-state index contributed by atoms with van der Waals surface area (Å²) in [6, 6.07) is 3.05. The summed E-state index contributed by atoms with van der Waals surface area (Å²) in [6.45, 7) is 1.70. The van der Waals surface area contributed by atoms with Crippen LogP contribution >= 0.6 is 11.6 Å². The molecule has 2 nitrogen and oxygen atoms in total. The summed E-state index contributed by atoms with van der Waals surface area (Å²) < 4.78 is 36.6. The van der Waals surface area contributed by atoms with Crippen LogP contribution in [0.1, 0.15) is 11.1 Å². The van der Waals surface area contributed by atoms with Crippen molar-refractivity contribution in [3.05, 3.63) is 34.0 Å². The molecule has 1 rings (SSSR count). The molecule has 0 saturated heterocycles. The number of hydrogen-bond donors (Lipinski definition) is 2. The van der Waals surface area contributed by atoms with Gasteiger partial charge in [-0.1, -0.05) is 11.6 Å². The van der Waals surface area contributed by atoms with E-state index < -0.39 is 11.9 Å². The molecule has 4 N–H and O–H groups in total. The first-order valence-electron chi connectivity index (χ1n) is 4.32. The zero-order chi connectivity index (χ0) is 12.5. The number of nitrogens with two attached hydrogens (primary N) is 2. The summed E-state index contributed by atoms with van der Waals surface area (Å²) in [5, 5.41) is 0.209. The Morgan fingerprint density at radius 2 is 1.94 bits per heavy atom. The van der Waals surface area contributed by atoms with Crippen molar-refractivity contribution in [3.63, 3.8) is 0 Å². The second-order valence-electron chi connectivity index (χ2n) is 3.35. The molecule has 16 heavy (non-hydrogen) atoms. The molecular weight excluding hydrogens is 241 g/mol. The number of hydrogen-bond acceptors (Lipinski definition) is 2. The zero-order valence-electron chi connectivity index (χ0n) is 8.40. The lowest BCUT2D eigenvalue weighted by molar-refractivity contribution is -0.0916. The maximum atomic E-state index is 12.2. The lowest BCUT2D eigenvalue weighted by Crippen LogP contribution is -2.19. The molecule has 0 aliphatic carbocycles. The first-order chi connectivity index (χ1) is 7.21. The van der Waals surface area contributed by atoms with Crippen molar-refractivity contribution in [1.82, 2.24) is 0 Å². The van der Waals surface area contributed by atoms with Crippen LogP contribution < -0.4 is 11.5 Å². The van der Waals surface area contributed by atoms with E-state index in [0.717, 1.165) is 6.08 Å². The topological polar surface area (TPSA) is 52.0 Å². The monoisotopic (exact) mass is 250 g/mol. The van der Waals surface area contributed by atoms with E-state index in [0.29, 0.717) is 5.56 Å². The van der Waals surface area contributed by atoms with Gasteiger partial charge in [-0.05, 0) is 30.7 Å². The first-order valence-corrected chi connectivity index (χ1v) is 4.69. The molecule has 0 spiro atoms. The molecule has 0 bridgehead atoms. The number of aryl methyl sites for hydroxylation is 1. The van der Waals surface area contributed by atoms with Gasteiger partial charge in [0.05, 0.1) is 10.7 Å². The molecule has 0 fully saturated rings. The van der Waals surface area contributed by atoms with Gasteiger partial charge < -0.3 is 11.5 Å². The normalized spacial score (nSPS) is 12.9. The van der Waals surface area contributed by atoms with E-state index in [1.54, 1.807) is 13.0 Å². The zero-order valence-corrected chi connectivity index (χ0v) is 9.15. The van der Waals surface area contributed by atoms with Crippen molar-refractivity contribution in [2.24, 2.45) is 5.73 Å². The summed E-state index contributed by atoms with van der Waals surface area (Å²) in [4.78, 5) is 0. The Hall–Kier alpha value is -1.36. The van der Waals surface area contributed by atoms with E-state index in [1.165, 1.54) is 6.07 Å². The van der Waals surface area contributed by atoms with Gasteiger partial charge in [0.25, 0.3) is 0 Å². The highest BCUT2D eigenvalue weighted by Crippen LogP contribution is 2.29. The van der Waals surface area contributed by atoms with Crippen LogP contribution in [0.25, 0.3) is 6.08 Å². The molecular formula is C10H10ClF3N2. The van der Waals surface area contributed by atoms with Crippen molar-refractivity contribution in [2.75, 3.05) is 5.73 Å². The molecule has 1 aromatic rings. The summed E-state index contributed by atoms with van der Waals surface area (Å²) in [7, 11) is 0. The minimum atomic E-state index is -4.57. The highest BCUT2D eigenvalue weighted by molar-refractivity contribution is 6.33. The third kappa shape index (κ3) is 2.82. The van der Waals surface area contributed by atoms with Crippen molar-refractivity contribution >= 4 is 23.4 Å². The summed E-state index contributed by atoms with van der Waals surface area (Å²) >= 11 is 5.74. The standard InChI is InChI=1S/C10H10ClF3N2/c1-5-2-6(9(16)7(11)3-5)4-8(15)10(12,13)14/h2-4H,15-16H2,1H3/b8-4-. The number of alkyl halides is 3. The van der Waals surface area contributed by atoms with Crippen molar-refractivity contribution in [1.29, 1.82) is 0 Å². The number of benzene rings is 1. The SMILES string of the molecule is Cc1cc(Cl)c(N)c(/C=C(\N)C(F)(F)F)c1. The van der Waals surface area contributed by atoms with Gasteiger partial charge in [-0.3, -0.25) is 0 Å². The highest BCUT2D eigenvalue weighted by Gasteiger charge is 2.31. The molecule has 0 amide bonds. The van der Waals surface area contributed by atoms with Gasteiger partial charge in [0.15, 0.2) is 0 Å². The summed E-state index contributed by atoms with van der Waals surface area (Å²) in [5.41, 5.74) is 10.2. The lowest BCUT2D eigenvalue weighted by atomic mass is 10.1. The third-order valence-corrected chi connectivity index (χ3v) is 2.26. The first kappa shape index (κ1) is 12.7. The minimum Gasteiger partial charge on any atom is -0.397 e. The molecule has 0 saturated carbocycles. The van der Waals surface area contributed by atoms with Crippen LogP contribution in [0.3, 0.4) is 0 Å². The molecule has 0 aliphatic rings. The van der Waals surface area contributed by atoms with Gasteiger partial charge in [-0.15, -0.1) is 0 Å². The molecule has 0 heterocycles. The molecule has 88 valence electrons. The molecule has 0 aliphatic heterocycles. The predicted molar refractivity (Wildman–Crippen MR) is 58.8 cm³/mol. The summed E-state index contributed by atoms with van der Waals surface area (Å²) in [5.74, 6) is 0. The second-order valence-corrected chi connectivity index (χ2v) is 3.75. The minimum absolute atomic E-state index is 0.0828. The van der Waals surface area contributed by atoms with E-state index >= 15 is 0 Å². The Labute approximate surface area is 95.7 Å². The van der Waals surface area contributed by atoms with Crippen molar-refractivity contribution in [3.8, 4) is 0 Å². The predicted octanol–water partition coefficient (Wildman–Crippen LogP) is 3.09. The molecule has 0 radical (unpaired) electrons. The average Bonchev–Trinajstić information content (AvgIpc) is 2.11. The van der Waals surface area contributed by atoms with E-state index in [4.69, 9.17) is 23.1 Å². The van der Waals surface area contributed by atoms with Gasteiger partial charge in [0.2, 0.25) is 0 Å². The Kier molecular flexibility index (Phi) is 3.38. The molecule has 0 unspecified atom stereocenters. The Balaban J connectivity index is 3.25. The van der Waals surface area contributed by atoms with Crippen LogP contribution in [0.15, 0.2) is 17.8 Å². The van der Waals surface area contributed by atoms with Gasteiger partial charge in [0.1, 0.15) is 5.70 Å². The Bertz CT molecular complexity index is 438. The van der Waals surface area contributed by atoms with Crippen LogP contribution in [0.5, 0.6) is 0 Å². The largest absolute Gasteiger partial charge is 0.430 e. The lowest BCUT2D eigenvalue weighted by Gasteiger charge is -2.09. The van der Waals surface area contributed by atoms with E-state index in [9.17, 15) is 13.2 Å². The maximum Gasteiger partial charge on any atom is 0.430 e. The molecule has 0 atom stereocenters. The van der Waals surface area contributed by atoms with Crippen LogP contribution in [-0.2, 0) is 0 Å². The van der Waals surface area contributed by atoms with Crippen LogP contribution in [0, 0.1) is 6.92 Å². The highest BCUT2D eigenvalue weighted by atomic mass is 35.5. The number of anilines is 1. The molecule has 6 heteroatoms. The molecule has 0 aromatic heterocycles. The van der Waals surface area contributed by atoms with E-state index in [2.05, 4.69) is 0 Å². The quantitative estimate of drug-likeness (QED) is 0.753. The van der Waals surface area contributed by atoms with Crippen LogP contribution in [0.2, 0.25) is 5.02 Å². The molecule has 1 aromatic carbocycles. The van der Waals surface area contributed by atoms with E-state index in [-0.39, 0.29) is 16.3 Å². The number of nitrogen functional groups attached to an aromatic ring is 1. The fourth-order valence-electron chi connectivity index (χ4n) is 1.15. The van der Waals surface area contributed by atoms with Gasteiger partial charge in [0, 0.05) is 5.56 Å². The van der Waals surface area contributed by atoms with Crippen molar-refractivity contribution in [2.45, 2.75) is 13.1 Å². The van der Waals surface area contributed by atoms with E-state index in [1.807, 2.05) is 0 Å². The summed E-state index contributed by atoms with van der Waals surface area (Å²) in [6.07, 6.45) is -3.79. The maximum absolute atomic E-state index is 12.2. The number of allylic oxidation sites excluding steroid dienone is 1. The number of halogens is 4. The smallest absolute Gasteiger partial charge is 0.397 e.